The zero-order valence-electron chi connectivity index (χ0n) is 10.4. The molecule has 2 aliphatic rings. The van der Waals surface area contributed by atoms with Gasteiger partial charge in [0.1, 0.15) is 0 Å². The third-order valence-electron chi connectivity index (χ3n) is 3.87. The molecule has 0 radical (unpaired) electrons. The molecule has 2 aliphatic heterocycles. The van der Waals surface area contributed by atoms with Gasteiger partial charge in [0.15, 0.2) is 0 Å². The smallest absolute Gasteiger partial charge is 0.311 e. The first-order valence-electron chi connectivity index (χ1n) is 6.41. The highest BCUT2D eigenvalue weighted by Gasteiger charge is 2.40. The quantitative estimate of drug-likeness (QED) is 0.622. The number of nitrogens with one attached hydrogen (secondary N) is 2. The average Bonchev–Trinajstić information content (AvgIpc) is 2.32. The number of rotatable bonds is 5. The highest BCUT2D eigenvalue weighted by molar-refractivity contribution is 5.79. The first kappa shape index (κ1) is 13.3. The molecular formula is C12H20N2O4. The molecule has 2 rings (SSSR count). The van der Waals surface area contributed by atoms with Crippen LogP contribution >= 0.6 is 0 Å². The molecule has 2 fully saturated rings. The van der Waals surface area contributed by atoms with Crippen molar-refractivity contribution in [1.82, 2.24) is 10.6 Å². The van der Waals surface area contributed by atoms with Crippen molar-refractivity contribution in [3.8, 4) is 0 Å². The number of carbonyl (C=O) groups is 2. The SMILES string of the molecule is O=C(CC1CNC1)NCC1(C(=O)O)CCOCC1. The van der Waals surface area contributed by atoms with E-state index in [1.54, 1.807) is 0 Å². The van der Waals surface area contributed by atoms with Crippen molar-refractivity contribution in [2.24, 2.45) is 11.3 Å². The van der Waals surface area contributed by atoms with Crippen LogP contribution in [0.2, 0.25) is 0 Å². The normalized spacial score (nSPS) is 23.1. The first-order chi connectivity index (χ1) is 8.62. The summed E-state index contributed by atoms with van der Waals surface area (Å²) in [7, 11) is 0. The zero-order valence-corrected chi connectivity index (χ0v) is 10.4. The number of hydrogen-bond donors (Lipinski definition) is 3. The Hall–Kier alpha value is -1.14. The van der Waals surface area contributed by atoms with Gasteiger partial charge < -0.3 is 20.5 Å². The molecule has 1 amide bonds. The number of ether oxygens (including phenoxy) is 1. The topological polar surface area (TPSA) is 87.7 Å². The van der Waals surface area contributed by atoms with Gasteiger partial charge in [-0.25, -0.2) is 0 Å². The number of amides is 1. The fourth-order valence-corrected chi connectivity index (χ4v) is 2.32. The molecule has 6 heteroatoms. The summed E-state index contributed by atoms with van der Waals surface area (Å²) >= 11 is 0. The van der Waals surface area contributed by atoms with Crippen molar-refractivity contribution in [2.75, 3.05) is 32.8 Å². The van der Waals surface area contributed by atoms with Crippen LogP contribution in [-0.4, -0.2) is 49.8 Å². The standard InChI is InChI=1S/C12H20N2O4/c15-10(5-9-6-13-7-9)14-8-12(11(16)17)1-3-18-4-2-12/h9,13H,1-8H2,(H,14,15)(H,16,17). The van der Waals surface area contributed by atoms with Crippen molar-refractivity contribution in [2.45, 2.75) is 19.3 Å². The van der Waals surface area contributed by atoms with Gasteiger partial charge in [0.2, 0.25) is 5.91 Å². The maximum absolute atomic E-state index is 11.7. The predicted molar refractivity (Wildman–Crippen MR) is 64.1 cm³/mol. The van der Waals surface area contributed by atoms with Crippen LogP contribution < -0.4 is 10.6 Å². The van der Waals surface area contributed by atoms with Crippen molar-refractivity contribution in [1.29, 1.82) is 0 Å². The Morgan fingerprint density at radius 1 is 1.33 bits per heavy atom. The second kappa shape index (κ2) is 5.67. The Morgan fingerprint density at radius 3 is 2.50 bits per heavy atom. The molecule has 18 heavy (non-hydrogen) atoms. The predicted octanol–water partition coefficient (Wildman–Crippen LogP) is -0.406. The summed E-state index contributed by atoms with van der Waals surface area (Å²) in [6.45, 7) is 2.88. The monoisotopic (exact) mass is 256 g/mol. The highest BCUT2D eigenvalue weighted by Crippen LogP contribution is 2.30. The Labute approximate surface area is 106 Å². The van der Waals surface area contributed by atoms with Gasteiger partial charge in [0, 0.05) is 26.2 Å². The number of carboxylic acids is 1. The van der Waals surface area contributed by atoms with Crippen LogP contribution in [0.4, 0.5) is 0 Å². The van der Waals surface area contributed by atoms with Crippen LogP contribution in [0.1, 0.15) is 19.3 Å². The maximum Gasteiger partial charge on any atom is 0.311 e. The van der Waals surface area contributed by atoms with Gasteiger partial charge in [-0.15, -0.1) is 0 Å². The van der Waals surface area contributed by atoms with Crippen LogP contribution in [0, 0.1) is 11.3 Å². The molecule has 102 valence electrons. The minimum absolute atomic E-state index is 0.0476. The summed E-state index contributed by atoms with van der Waals surface area (Å²) in [6, 6.07) is 0. The summed E-state index contributed by atoms with van der Waals surface area (Å²) in [6.07, 6.45) is 1.42. The molecule has 0 atom stereocenters. The fraction of sp³-hybridized carbons (Fsp3) is 0.833. The van der Waals surface area contributed by atoms with E-state index in [9.17, 15) is 14.7 Å². The number of carboxylic acid groups (broad SMARTS) is 1. The molecule has 0 spiro atoms. The van der Waals surface area contributed by atoms with Gasteiger partial charge in [-0.05, 0) is 31.8 Å². The number of hydrogen-bond acceptors (Lipinski definition) is 4. The van der Waals surface area contributed by atoms with Gasteiger partial charge in [0.05, 0.1) is 5.41 Å². The minimum atomic E-state index is -0.841. The van der Waals surface area contributed by atoms with E-state index >= 15 is 0 Å². The lowest BCUT2D eigenvalue weighted by Gasteiger charge is -2.33. The van der Waals surface area contributed by atoms with Gasteiger partial charge in [0.25, 0.3) is 0 Å². The zero-order chi connectivity index (χ0) is 13.0. The van der Waals surface area contributed by atoms with Crippen molar-refractivity contribution < 1.29 is 19.4 Å². The largest absolute Gasteiger partial charge is 0.481 e. The van der Waals surface area contributed by atoms with Gasteiger partial charge in [-0.1, -0.05) is 0 Å². The third-order valence-corrected chi connectivity index (χ3v) is 3.87. The lowest BCUT2D eigenvalue weighted by molar-refractivity contribution is -0.154. The molecule has 6 nitrogen and oxygen atoms in total. The van der Waals surface area contributed by atoms with Crippen LogP contribution in [0.15, 0.2) is 0 Å². The van der Waals surface area contributed by atoms with E-state index in [1.807, 2.05) is 0 Å². The van der Waals surface area contributed by atoms with Crippen molar-refractivity contribution in [3.05, 3.63) is 0 Å². The molecule has 0 bridgehead atoms. The minimum Gasteiger partial charge on any atom is -0.481 e. The molecule has 0 aromatic heterocycles. The number of carbonyl (C=O) groups excluding carboxylic acids is 1. The molecule has 0 unspecified atom stereocenters. The Kier molecular flexibility index (Phi) is 4.19. The molecule has 0 saturated carbocycles. The number of aliphatic carboxylic acids is 1. The second-order valence-corrected chi connectivity index (χ2v) is 5.20. The molecule has 0 aliphatic carbocycles. The lowest BCUT2D eigenvalue weighted by Crippen LogP contribution is -2.48. The summed E-state index contributed by atoms with van der Waals surface area (Å²) in [5.74, 6) is -0.481. The average molecular weight is 256 g/mol. The van der Waals surface area contributed by atoms with Crippen molar-refractivity contribution in [3.63, 3.8) is 0 Å². The van der Waals surface area contributed by atoms with E-state index in [-0.39, 0.29) is 12.5 Å². The van der Waals surface area contributed by atoms with Crippen molar-refractivity contribution >= 4 is 11.9 Å². The van der Waals surface area contributed by atoms with E-state index in [0.29, 0.717) is 38.4 Å². The molecule has 3 N–H and O–H groups in total. The first-order valence-corrected chi connectivity index (χ1v) is 6.41. The molecule has 0 aromatic carbocycles. The van der Waals surface area contributed by atoms with E-state index in [4.69, 9.17) is 4.74 Å². The van der Waals surface area contributed by atoms with E-state index in [1.165, 1.54) is 0 Å². The summed E-state index contributed by atoms with van der Waals surface area (Å²) in [4.78, 5) is 23.1. The Bertz CT molecular complexity index is 322. The lowest BCUT2D eigenvalue weighted by atomic mass is 9.80. The van der Waals surface area contributed by atoms with E-state index in [2.05, 4.69) is 10.6 Å². The molecule has 2 heterocycles. The summed E-state index contributed by atoms with van der Waals surface area (Å²) in [5.41, 5.74) is -0.841. The third kappa shape index (κ3) is 3.00. The van der Waals surface area contributed by atoms with Gasteiger partial charge >= 0.3 is 5.97 Å². The van der Waals surface area contributed by atoms with Gasteiger partial charge in [-0.3, -0.25) is 9.59 Å². The molecule has 2 saturated heterocycles. The maximum atomic E-state index is 11.7. The van der Waals surface area contributed by atoms with E-state index in [0.717, 1.165) is 13.1 Å². The molecular weight excluding hydrogens is 236 g/mol. The molecule has 0 aromatic rings. The van der Waals surface area contributed by atoms with Crippen LogP contribution in [-0.2, 0) is 14.3 Å². The highest BCUT2D eigenvalue weighted by atomic mass is 16.5. The van der Waals surface area contributed by atoms with Crippen LogP contribution in [0.25, 0.3) is 0 Å². The van der Waals surface area contributed by atoms with Crippen LogP contribution in [0.5, 0.6) is 0 Å². The summed E-state index contributed by atoms with van der Waals surface area (Å²) < 4.78 is 5.19. The van der Waals surface area contributed by atoms with E-state index < -0.39 is 11.4 Å². The Morgan fingerprint density at radius 2 is 2.00 bits per heavy atom. The second-order valence-electron chi connectivity index (χ2n) is 5.20. The van der Waals surface area contributed by atoms with Gasteiger partial charge in [-0.2, -0.15) is 0 Å². The fourth-order valence-electron chi connectivity index (χ4n) is 2.32. The van der Waals surface area contributed by atoms with Crippen LogP contribution in [0.3, 0.4) is 0 Å². The Balaban J connectivity index is 1.81. The summed E-state index contributed by atoms with van der Waals surface area (Å²) in [5, 5.41) is 15.2.